The number of anilines is 5. The molecule has 1 N–H and O–H groups in total. The minimum Gasteiger partial charge on any atom is -0.453 e. The van der Waals surface area contributed by atoms with Gasteiger partial charge in [-0.25, -0.2) is 0 Å². The molecule has 5 aromatic carbocycles. The van der Waals surface area contributed by atoms with E-state index in [0.29, 0.717) is 5.92 Å². The molecule has 0 amide bonds. The smallest absolute Gasteiger partial charge is 0.198 e. The summed E-state index contributed by atoms with van der Waals surface area (Å²) in [4.78, 5) is 2.38. The first kappa shape index (κ1) is 21.5. The zero-order chi connectivity index (χ0) is 25.4. The topological polar surface area (TPSA) is 33.7 Å². The Kier molecular flexibility index (Phi) is 4.48. The second-order valence-electron chi connectivity index (χ2n) is 10.3. The Hall–Kier alpha value is -4.64. The zero-order valence-corrected chi connectivity index (χ0v) is 21.2. The molecule has 0 bridgehead atoms. The molecule has 0 aromatic heterocycles. The average Bonchev–Trinajstić information content (AvgIpc) is 2.95. The fourth-order valence-corrected chi connectivity index (χ4v) is 5.78. The molecule has 0 saturated heterocycles. The third-order valence-electron chi connectivity index (χ3n) is 7.65. The standard InChI is InChI=1S/C33H24BN2O2/c1-19(2)20-17-22(21-9-7-15-29-32(21)35-24-11-3-5-13-27(24)37-29)31-26(18-20)36-25-12-4-6-14-28(25)38-30-16-8-10-23(34-31)33(30)36/h3-19,35H,1-2H3. The number of nitrogens with one attached hydrogen (secondary N) is 1. The van der Waals surface area contributed by atoms with Gasteiger partial charge in [-0.3, -0.25) is 0 Å². The molecule has 4 nitrogen and oxygen atoms in total. The Labute approximate surface area is 222 Å². The Bertz CT molecular complexity index is 1780. The first-order valence-corrected chi connectivity index (χ1v) is 13.1. The normalized spacial score (nSPS) is 13.5. The Balaban J connectivity index is 1.39. The average molecular weight is 491 g/mol. The summed E-state index contributed by atoms with van der Waals surface area (Å²) in [6, 6.07) is 33.7. The van der Waals surface area contributed by atoms with E-state index in [-0.39, 0.29) is 0 Å². The number of para-hydroxylation sites is 6. The van der Waals surface area contributed by atoms with E-state index >= 15 is 0 Å². The summed E-state index contributed by atoms with van der Waals surface area (Å²) < 4.78 is 12.7. The quantitative estimate of drug-likeness (QED) is 0.250. The largest absolute Gasteiger partial charge is 0.453 e. The van der Waals surface area contributed by atoms with Gasteiger partial charge in [0.2, 0.25) is 0 Å². The van der Waals surface area contributed by atoms with Gasteiger partial charge in [0.25, 0.3) is 0 Å². The summed E-state index contributed by atoms with van der Waals surface area (Å²) in [5, 5.41) is 3.67. The summed E-state index contributed by atoms with van der Waals surface area (Å²) in [7, 11) is 2.30. The van der Waals surface area contributed by atoms with Gasteiger partial charge in [0.1, 0.15) is 0 Å². The van der Waals surface area contributed by atoms with Crippen LogP contribution in [0, 0.1) is 0 Å². The first-order valence-electron chi connectivity index (χ1n) is 13.1. The predicted octanol–water partition coefficient (Wildman–Crippen LogP) is 7.87. The Morgan fingerprint density at radius 2 is 1.42 bits per heavy atom. The number of benzene rings is 5. The maximum absolute atomic E-state index is 6.35. The molecular weight excluding hydrogens is 467 g/mol. The van der Waals surface area contributed by atoms with Crippen molar-refractivity contribution in [3.8, 4) is 34.1 Å². The summed E-state index contributed by atoms with van der Waals surface area (Å²) in [5.41, 5.74) is 11.2. The maximum Gasteiger partial charge on any atom is 0.198 e. The van der Waals surface area contributed by atoms with Crippen LogP contribution in [0.4, 0.5) is 28.4 Å². The highest BCUT2D eigenvalue weighted by Gasteiger charge is 2.35. The second-order valence-corrected chi connectivity index (χ2v) is 10.3. The zero-order valence-electron chi connectivity index (χ0n) is 21.2. The number of hydrogen-bond donors (Lipinski definition) is 1. The molecule has 5 heteroatoms. The van der Waals surface area contributed by atoms with Crippen molar-refractivity contribution in [2.45, 2.75) is 19.8 Å². The van der Waals surface area contributed by atoms with Crippen LogP contribution in [0.25, 0.3) is 11.1 Å². The molecule has 8 rings (SSSR count). The van der Waals surface area contributed by atoms with Gasteiger partial charge < -0.3 is 19.7 Å². The summed E-state index contributed by atoms with van der Waals surface area (Å²) in [6.07, 6.45) is 0. The molecule has 0 atom stereocenters. The van der Waals surface area contributed by atoms with E-state index in [0.717, 1.165) is 62.5 Å². The van der Waals surface area contributed by atoms with Crippen LogP contribution in [0.15, 0.2) is 97.1 Å². The fourth-order valence-electron chi connectivity index (χ4n) is 5.78. The lowest BCUT2D eigenvalue weighted by molar-refractivity contribution is 0.477. The van der Waals surface area contributed by atoms with Crippen LogP contribution in [0.1, 0.15) is 25.3 Å². The third kappa shape index (κ3) is 3.05. The molecular formula is C33H24BN2O2. The number of fused-ring (bicyclic) bond motifs is 6. The van der Waals surface area contributed by atoms with Gasteiger partial charge in [-0.1, -0.05) is 73.9 Å². The van der Waals surface area contributed by atoms with Gasteiger partial charge >= 0.3 is 0 Å². The van der Waals surface area contributed by atoms with E-state index in [9.17, 15) is 0 Å². The molecule has 5 aromatic rings. The van der Waals surface area contributed by atoms with E-state index in [2.05, 4.69) is 92.0 Å². The molecule has 0 fully saturated rings. The van der Waals surface area contributed by atoms with E-state index < -0.39 is 0 Å². The van der Waals surface area contributed by atoms with E-state index in [4.69, 9.17) is 9.47 Å². The van der Waals surface area contributed by atoms with Crippen LogP contribution in [-0.2, 0) is 0 Å². The molecule has 38 heavy (non-hydrogen) atoms. The van der Waals surface area contributed by atoms with Crippen LogP contribution < -0.4 is 30.6 Å². The second kappa shape index (κ2) is 7.93. The highest BCUT2D eigenvalue weighted by Crippen LogP contribution is 2.52. The van der Waals surface area contributed by atoms with Crippen LogP contribution in [0.2, 0.25) is 0 Å². The first-order chi connectivity index (χ1) is 18.7. The van der Waals surface area contributed by atoms with Gasteiger partial charge in [-0.15, -0.1) is 0 Å². The number of rotatable bonds is 2. The summed E-state index contributed by atoms with van der Waals surface area (Å²) >= 11 is 0. The highest BCUT2D eigenvalue weighted by molar-refractivity contribution is 6.73. The van der Waals surface area contributed by atoms with Gasteiger partial charge in [0, 0.05) is 11.3 Å². The lowest BCUT2D eigenvalue weighted by Crippen LogP contribution is -2.42. The Morgan fingerprint density at radius 1 is 0.684 bits per heavy atom. The molecule has 3 aliphatic rings. The molecule has 0 spiro atoms. The van der Waals surface area contributed by atoms with Crippen molar-refractivity contribution in [2.75, 3.05) is 10.2 Å². The van der Waals surface area contributed by atoms with E-state index in [1.54, 1.807) is 0 Å². The van der Waals surface area contributed by atoms with Crippen LogP contribution in [0.5, 0.6) is 23.0 Å². The van der Waals surface area contributed by atoms with Gasteiger partial charge in [-0.05, 0) is 65.0 Å². The van der Waals surface area contributed by atoms with E-state index in [1.165, 1.54) is 16.6 Å². The lowest BCUT2D eigenvalue weighted by atomic mass is 9.57. The number of ether oxygens (including phenoxy) is 2. The molecule has 181 valence electrons. The Morgan fingerprint density at radius 3 is 2.32 bits per heavy atom. The van der Waals surface area contributed by atoms with Crippen LogP contribution in [-0.4, -0.2) is 7.28 Å². The van der Waals surface area contributed by atoms with Gasteiger partial charge in [0.05, 0.1) is 22.7 Å². The van der Waals surface area contributed by atoms with Gasteiger partial charge in [-0.2, -0.15) is 0 Å². The van der Waals surface area contributed by atoms with Crippen LogP contribution in [0.3, 0.4) is 0 Å². The molecule has 0 aliphatic carbocycles. The molecule has 1 radical (unpaired) electrons. The minimum atomic E-state index is 0.358. The SMILES string of the molecule is CC(C)c1cc(-c2cccc3c2Nc2ccccc2O3)c2c(c1)N1c3ccccc3Oc3cccc(c31)[B]2. The molecule has 3 aliphatic heterocycles. The van der Waals surface area contributed by atoms with Crippen LogP contribution >= 0.6 is 0 Å². The fraction of sp³-hybridized carbons (Fsp3) is 0.0909. The van der Waals surface area contributed by atoms with Crippen molar-refractivity contribution in [1.82, 2.24) is 0 Å². The predicted molar refractivity (Wildman–Crippen MR) is 156 cm³/mol. The highest BCUT2D eigenvalue weighted by atomic mass is 16.5. The monoisotopic (exact) mass is 491 g/mol. The molecule has 0 unspecified atom stereocenters. The summed E-state index contributed by atoms with van der Waals surface area (Å²) in [5.74, 6) is 3.78. The van der Waals surface area contributed by atoms with E-state index in [1.807, 2.05) is 36.4 Å². The molecule has 3 heterocycles. The number of hydrogen-bond acceptors (Lipinski definition) is 4. The number of nitrogens with zero attached hydrogens (tertiary/aromatic N) is 1. The maximum atomic E-state index is 6.35. The van der Waals surface area contributed by atoms with Crippen molar-refractivity contribution in [2.24, 2.45) is 0 Å². The van der Waals surface area contributed by atoms with Crippen molar-refractivity contribution in [3.63, 3.8) is 0 Å². The summed E-state index contributed by atoms with van der Waals surface area (Å²) in [6.45, 7) is 4.51. The van der Waals surface area contributed by atoms with Gasteiger partial charge in [0.15, 0.2) is 30.3 Å². The van der Waals surface area contributed by atoms with Crippen molar-refractivity contribution in [3.05, 3.63) is 103 Å². The molecule has 0 saturated carbocycles. The third-order valence-corrected chi connectivity index (χ3v) is 7.65. The van der Waals surface area contributed by atoms with Crippen molar-refractivity contribution >= 4 is 46.6 Å². The van der Waals surface area contributed by atoms with Crippen molar-refractivity contribution in [1.29, 1.82) is 0 Å². The van der Waals surface area contributed by atoms with Crippen molar-refractivity contribution < 1.29 is 9.47 Å². The lowest BCUT2D eigenvalue weighted by Gasteiger charge is -2.40. The minimum absolute atomic E-state index is 0.358.